The van der Waals surface area contributed by atoms with Gasteiger partial charge < -0.3 is 5.32 Å². The van der Waals surface area contributed by atoms with Gasteiger partial charge in [-0.1, -0.05) is 0 Å². The Labute approximate surface area is 127 Å². The van der Waals surface area contributed by atoms with Gasteiger partial charge in [-0.25, -0.2) is 4.39 Å². The molecule has 0 radical (unpaired) electrons. The standard InChI is InChI=1S/C15H9BrFNOS/c16-12-8-10(1-3-13(12)17)15(19)18-11-2-4-14-9(7-11)5-6-20-14/h1-8H,(H,18,19). The zero-order valence-corrected chi connectivity index (χ0v) is 12.6. The first-order valence-corrected chi connectivity index (χ1v) is 7.54. The number of fused-ring (bicyclic) bond motifs is 1. The number of hydrogen-bond donors (Lipinski definition) is 1. The number of thiophene rings is 1. The highest BCUT2D eigenvalue weighted by Gasteiger charge is 2.09. The summed E-state index contributed by atoms with van der Waals surface area (Å²) < 4.78 is 14.6. The summed E-state index contributed by atoms with van der Waals surface area (Å²) >= 11 is 4.73. The van der Waals surface area contributed by atoms with Gasteiger partial charge in [0.25, 0.3) is 5.91 Å². The fraction of sp³-hybridized carbons (Fsp3) is 0. The van der Waals surface area contributed by atoms with Crippen molar-refractivity contribution in [3.63, 3.8) is 0 Å². The number of benzene rings is 2. The lowest BCUT2D eigenvalue weighted by Crippen LogP contribution is -2.11. The summed E-state index contributed by atoms with van der Waals surface area (Å²) in [4.78, 5) is 12.1. The number of amides is 1. The van der Waals surface area contributed by atoms with Crippen LogP contribution < -0.4 is 5.32 Å². The predicted molar refractivity (Wildman–Crippen MR) is 83.9 cm³/mol. The topological polar surface area (TPSA) is 29.1 Å². The molecule has 0 unspecified atom stereocenters. The highest BCUT2D eigenvalue weighted by Crippen LogP contribution is 2.24. The van der Waals surface area contributed by atoms with E-state index >= 15 is 0 Å². The second-order valence-electron chi connectivity index (χ2n) is 4.26. The normalized spacial score (nSPS) is 10.7. The average molecular weight is 350 g/mol. The molecule has 0 aliphatic heterocycles. The molecule has 1 amide bonds. The average Bonchev–Trinajstić information content (AvgIpc) is 2.89. The van der Waals surface area contributed by atoms with Crippen molar-refractivity contribution in [1.29, 1.82) is 0 Å². The Morgan fingerprint density at radius 2 is 2.00 bits per heavy atom. The second kappa shape index (κ2) is 5.34. The van der Waals surface area contributed by atoms with E-state index in [0.29, 0.717) is 5.56 Å². The molecular weight excluding hydrogens is 341 g/mol. The summed E-state index contributed by atoms with van der Waals surface area (Å²) in [6.45, 7) is 0. The number of carbonyl (C=O) groups is 1. The van der Waals surface area contributed by atoms with Gasteiger partial charge in [-0.05, 0) is 69.2 Å². The van der Waals surface area contributed by atoms with Crippen molar-refractivity contribution in [3.8, 4) is 0 Å². The highest BCUT2D eigenvalue weighted by molar-refractivity contribution is 9.10. The van der Waals surface area contributed by atoms with Crippen molar-refractivity contribution >= 4 is 48.9 Å². The number of halogens is 2. The van der Waals surface area contributed by atoms with E-state index in [0.717, 1.165) is 11.1 Å². The quantitative estimate of drug-likeness (QED) is 0.688. The summed E-state index contributed by atoms with van der Waals surface area (Å²) in [5, 5.41) is 5.91. The third-order valence-corrected chi connectivity index (χ3v) is 4.40. The predicted octanol–water partition coefficient (Wildman–Crippen LogP) is 5.06. The molecule has 0 saturated heterocycles. The van der Waals surface area contributed by atoms with Crippen LogP contribution >= 0.6 is 27.3 Å². The Bertz CT molecular complexity index is 799. The molecule has 100 valence electrons. The van der Waals surface area contributed by atoms with Crippen LogP contribution in [-0.2, 0) is 0 Å². The van der Waals surface area contributed by atoms with Crippen molar-refractivity contribution in [2.45, 2.75) is 0 Å². The zero-order valence-electron chi connectivity index (χ0n) is 10.2. The van der Waals surface area contributed by atoms with Crippen LogP contribution in [0.3, 0.4) is 0 Å². The fourth-order valence-corrected chi connectivity index (χ4v) is 3.03. The van der Waals surface area contributed by atoms with Crippen LogP contribution in [0.4, 0.5) is 10.1 Å². The molecule has 0 aliphatic carbocycles. The Kier molecular flexibility index (Phi) is 3.54. The number of anilines is 1. The maximum absolute atomic E-state index is 13.2. The van der Waals surface area contributed by atoms with Crippen LogP contribution in [0.15, 0.2) is 52.3 Å². The van der Waals surface area contributed by atoms with Crippen LogP contribution in [-0.4, -0.2) is 5.91 Å². The molecule has 0 fully saturated rings. The molecule has 2 nitrogen and oxygen atoms in total. The molecular formula is C15H9BrFNOS. The van der Waals surface area contributed by atoms with Crippen molar-refractivity contribution in [1.82, 2.24) is 0 Å². The van der Waals surface area contributed by atoms with Crippen LogP contribution in [0.5, 0.6) is 0 Å². The van der Waals surface area contributed by atoms with E-state index in [9.17, 15) is 9.18 Å². The molecule has 0 atom stereocenters. The minimum Gasteiger partial charge on any atom is -0.322 e. The van der Waals surface area contributed by atoms with Crippen molar-refractivity contribution < 1.29 is 9.18 Å². The number of rotatable bonds is 2. The Balaban J connectivity index is 1.85. The lowest BCUT2D eigenvalue weighted by atomic mass is 10.2. The molecule has 0 saturated carbocycles. The number of nitrogens with one attached hydrogen (secondary N) is 1. The van der Waals surface area contributed by atoms with Crippen LogP contribution in [0.1, 0.15) is 10.4 Å². The van der Waals surface area contributed by atoms with Gasteiger partial charge in [0.1, 0.15) is 5.82 Å². The first kappa shape index (κ1) is 13.3. The van der Waals surface area contributed by atoms with Gasteiger partial charge in [0, 0.05) is 16.0 Å². The Morgan fingerprint density at radius 1 is 1.15 bits per heavy atom. The molecule has 5 heteroatoms. The first-order chi connectivity index (χ1) is 9.63. The molecule has 1 aromatic heterocycles. The second-order valence-corrected chi connectivity index (χ2v) is 6.06. The minimum absolute atomic E-state index is 0.264. The Morgan fingerprint density at radius 3 is 2.80 bits per heavy atom. The molecule has 20 heavy (non-hydrogen) atoms. The fourth-order valence-electron chi connectivity index (χ4n) is 1.89. The molecule has 1 heterocycles. The molecule has 3 rings (SSSR count). The van der Waals surface area contributed by atoms with E-state index in [4.69, 9.17) is 0 Å². The molecule has 0 bridgehead atoms. The van der Waals surface area contributed by atoms with Gasteiger partial charge in [-0.3, -0.25) is 4.79 Å². The lowest BCUT2D eigenvalue weighted by Gasteiger charge is -2.06. The van der Waals surface area contributed by atoms with Crippen molar-refractivity contribution in [2.24, 2.45) is 0 Å². The van der Waals surface area contributed by atoms with Gasteiger partial charge in [-0.2, -0.15) is 0 Å². The maximum Gasteiger partial charge on any atom is 0.255 e. The van der Waals surface area contributed by atoms with Gasteiger partial charge >= 0.3 is 0 Å². The molecule has 0 spiro atoms. The molecule has 0 aliphatic rings. The monoisotopic (exact) mass is 349 g/mol. The number of hydrogen-bond acceptors (Lipinski definition) is 2. The van der Waals surface area contributed by atoms with Crippen molar-refractivity contribution in [3.05, 3.63) is 63.7 Å². The van der Waals surface area contributed by atoms with Crippen LogP contribution in [0.2, 0.25) is 0 Å². The maximum atomic E-state index is 13.2. The van der Waals surface area contributed by atoms with Gasteiger partial charge in [0.15, 0.2) is 0 Å². The van der Waals surface area contributed by atoms with Gasteiger partial charge in [0.05, 0.1) is 4.47 Å². The van der Waals surface area contributed by atoms with E-state index in [1.807, 2.05) is 29.6 Å². The third-order valence-electron chi connectivity index (χ3n) is 2.89. The van der Waals surface area contributed by atoms with E-state index < -0.39 is 0 Å². The summed E-state index contributed by atoms with van der Waals surface area (Å²) in [7, 11) is 0. The molecule has 2 aromatic carbocycles. The van der Waals surface area contributed by atoms with E-state index in [1.165, 1.54) is 22.9 Å². The third kappa shape index (κ3) is 2.59. The smallest absolute Gasteiger partial charge is 0.255 e. The summed E-state index contributed by atoms with van der Waals surface area (Å²) in [6.07, 6.45) is 0. The molecule has 3 aromatic rings. The minimum atomic E-state index is -0.388. The highest BCUT2D eigenvalue weighted by atomic mass is 79.9. The lowest BCUT2D eigenvalue weighted by molar-refractivity contribution is 0.102. The first-order valence-electron chi connectivity index (χ1n) is 5.87. The largest absolute Gasteiger partial charge is 0.322 e. The van der Waals surface area contributed by atoms with Gasteiger partial charge in [-0.15, -0.1) is 11.3 Å². The van der Waals surface area contributed by atoms with E-state index in [1.54, 1.807) is 11.3 Å². The summed E-state index contributed by atoms with van der Waals surface area (Å²) in [6, 6.07) is 11.9. The van der Waals surface area contributed by atoms with Gasteiger partial charge in [0.2, 0.25) is 0 Å². The molecule has 1 N–H and O–H groups in total. The Hall–Kier alpha value is -1.72. The zero-order chi connectivity index (χ0) is 14.1. The van der Waals surface area contributed by atoms with E-state index in [-0.39, 0.29) is 16.2 Å². The SMILES string of the molecule is O=C(Nc1ccc2sccc2c1)c1ccc(F)c(Br)c1. The summed E-state index contributed by atoms with van der Waals surface area (Å²) in [5.74, 6) is -0.651. The summed E-state index contributed by atoms with van der Waals surface area (Å²) in [5.41, 5.74) is 1.13. The van der Waals surface area contributed by atoms with E-state index in [2.05, 4.69) is 21.2 Å². The van der Waals surface area contributed by atoms with Crippen LogP contribution in [0, 0.1) is 5.82 Å². The number of carbonyl (C=O) groups excluding carboxylic acids is 1. The van der Waals surface area contributed by atoms with Crippen molar-refractivity contribution in [2.75, 3.05) is 5.32 Å². The van der Waals surface area contributed by atoms with Crippen LogP contribution in [0.25, 0.3) is 10.1 Å².